The predicted molar refractivity (Wildman–Crippen MR) is 94.7 cm³/mol. The van der Waals surface area contributed by atoms with Gasteiger partial charge in [0.25, 0.3) is 5.91 Å². The molecule has 2 amide bonds. The van der Waals surface area contributed by atoms with Crippen LogP contribution in [0.2, 0.25) is 0 Å². The number of carbonyl (C=O) groups is 2. The highest BCUT2D eigenvalue weighted by Gasteiger charge is 2.16. The summed E-state index contributed by atoms with van der Waals surface area (Å²) in [6.07, 6.45) is 0. The predicted octanol–water partition coefficient (Wildman–Crippen LogP) is 2.83. The van der Waals surface area contributed by atoms with Gasteiger partial charge in [-0.05, 0) is 36.4 Å². The molecule has 0 aliphatic carbocycles. The van der Waals surface area contributed by atoms with Gasteiger partial charge >= 0.3 is 0 Å². The summed E-state index contributed by atoms with van der Waals surface area (Å²) in [6.45, 7) is -0.157. The van der Waals surface area contributed by atoms with E-state index in [1.807, 2.05) is 12.1 Å². The van der Waals surface area contributed by atoms with E-state index < -0.39 is 5.91 Å². The first-order valence-corrected chi connectivity index (χ1v) is 7.89. The zero-order valence-electron chi connectivity index (χ0n) is 13.3. The van der Waals surface area contributed by atoms with Crippen molar-refractivity contribution in [2.45, 2.75) is 0 Å². The second-order valence-electron chi connectivity index (χ2n) is 4.78. The van der Waals surface area contributed by atoms with E-state index in [1.165, 1.54) is 14.2 Å². The normalized spacial score (nSPS) is 9.96. The van der Waals surface area contributed by atoms with E-state index in [0.717, 1.165) is 4.47 Å². The fourth-order valence-corrected chi connectivity index (χ4v) is 2.32. The molecule has 6 nitrogen and oxygen atoms in total. The molecule has 0 unspecified atom stereocenters. The van der Waals surface area contributed by atoms with Gasteiger partial charge in [-0.3, -0.25) is 9.59 Å². The summed E-state index contributed by atoms with van der Waals surface area (Å²) < 4.78 is 11.3. The number of halogens is 1. The molecule has 7 heteroatoms. The van der Waals surface area contributed by atoms with Crippen molar-refractivity contribution in [1.82, 2.24) is 5.32 Å². The molecule has 2 rings (SSSR count). The van der Waals surface area contributed by atoms with E-state index >= 15 is 0 Å². The molecular weight excluding hydrogens is 376 g/mol. The Morgan fingerprint density at radius 3 is 2.38 bits per heavy atom. The molecule has 0 atom stereocenters. The minimum Gasteiger partial charge on any atom is -0.493 e. The van der Waals surface area contributed by atoms with Crippen LogP contribution in [0.1, 0.15) is 10.4 Å². The third kappa shape index (κ3) is 4.48. The van der Waals surface area contributed by atoms with E-state index in [9.17, 15) is 9.59 Å². The lowest BCUT2D eigenvalue weighted by atomic mass is 10.1. The van der Waals surface area contributed by atoms with Gasteiger partial charge in [-0.15, -0.1) is 0 Å². The number of methoxy groups -OCH3 is 2. The number of ether oxygens (including phenoxy) is 2. The highest BCUT2D eigenvalue weighted by Crippen LogP contribution is 2.30. The molecule has 0 heterocycles. The SMILES string of the molecule is COc1cccc(C(=O)NCC(=O)Nc2ccc(Br)cc2)c1OC. The number of carbonyl (C=O) groups excluding carboxylic acids is 2. The van der Waals surface area contributed by atoms with Gasteiger partial charge < -0.3 is 20.1 Å². The molecule has 24 heavy (non-hydrogen) atoms. The Hall–Kier alpha value is -2.54. The standard InChI is InChI=1S/C17H17BrN2O4/c1-23-14-5-3-4-13(16(14)24-2)17(22)19-10-15(21)20-12-8-6-11(18)7-9-12/h3-9H,10H2,1-2H3,(H,19,22)(H,20,21). The van der Waals surface area contributed by atoms with Crippen LogP contribution in [0.15, 0.2) is 46.9 Å². The van der Waals surface area contributed by atoms with Crippen molar-refractivity contribution in [3.05, 3.63) is 52.5 Å². The molecular formula is C17H17BrN2O4. The van der Waals surface area contributed by atoms with E-state index in [0.29, 0.717) is 22.7 Å². The summed E-state index contributed by atoms with van der Waals surface area (Å²) in [7, 11) is 2.94. The lowest BCUT2D eigenvalue weighted by Crippen LogP contribution is -2.33. The van der Waals surface area contributed by atoms with Crippen molar-refractivity contribution in [3.8, 4) is 11.5 Å². The molecule has 0 saturated heterocycles. The number of rotatable bonds is 6. The maximum atomic E-state index is 12.3. The first-order chi connectivity index (χ1) is 11.5. The summed E-state index contributed by atoms with van der Waals surface area (Å²) >= 11 is 3.32. The number of anilines is 1. The fourth-order valence-electron chi connectivity index (χ4n) is 2.06. The van der Waals surface area contributed by atoms with Crippen molar-refractivity contribution < 1.29 is 19.1 Å². The maximum Gasteiger partial charge on any atom is 0.255 e. The van der Waals surface area contributed by atoms with Crippen molar-refractivity contribution in [1.29, 1.82) is 0 Å². The maximum absolute atomic E-state index is 12.3. The van der Waals surface area contributed by atoms with Crippen LogP contribution in [0.5, 0.6) is 11.5 Å². The number of para-hydroxylation sites is 1. The van der Waals surface area contributed by atoms with Crippen LogP contribution in [0, 0.1) is 0 Å². The second-order valence-corrected chi connectivity index (χ2v) is 5.69. The average molecular weight is 393 g/mol. The summed E-state index contributed by atoms with van der Waals surface area (Å²) in [5.41, 5.74) is 0.949. The molecule has 2 aromatic rings. The van der Waals surface area contributed by atoms with Crippen LogP contribution in [0.3, 0.4) is 0 Å². The molecule has 0 fully saturated rings. The third-order valence-electron chi connectivity index (χ3n) is 3.19. The highest BCUT2D eigenvalue weighted by atomic mass is 79.9. The van der Waals surface area contributed by atoms with Crippen LogP contribution in [-0.4, -0.2) is 32.6 Å². The largest absolute Gasteiger partial charge is 0.493 e. The molecule has 2 N–H and O–H groups in total. The molecule has 2 aromatic carbocycles. The second kappa shape index (κ2) is 8.35. The number of hydrogen-bond acceptors (Lipinski definition) is 4. The van der Waals surface area contributed by atoms with Gasteiger partial charge in [0.2, 0.25) is 5.91 Å². The quantitative estimate of drug-likeness (QED) is 0.792. The van der Waals surface area contributed by atoms with Crippen molar-refractivity contribution in [2.24, 2.45) is 0 Å². The van der Waals surface area contributed by atoms with E-state index in [4.69, 9.17) is 9.47 Å². The lowest BCUT2D eigenvalue weighted by molar-refractivity contribution is -0.115. The Kier molecular flexibility index (Phi) is 6.20. The number of hydrogen-bond donors (Lipinski definition) is 2. The summed E-state index contributed by atoms with van der Waals surface area (Å²) in [5, 5.41) is 5.26. The lowest BCUT2D eigenvalue weighted by Gasteiger charge is -2.12. The number of nitrogens with one attached hydrogen (secondary N) is 2. The van der Waals surface area contributed by atoms with Crippen molar-refractivity contribution >= 4 is 33.4 Å². The minimum absolute atomic E-state index is 0.157. The summed E-state index contributed by atoms with van der Waals surface area (Å²) in [6, 6.07) is 12.1. The first kappa shape index (κ1) is 17.8. The number of amides is 2. The van der Waals surface area contributed by atoms with Gasteiger partial charge in [0.1, 0.15) is 0 Å². The van der Waals surface area contributed by atoms with Gasteiger partial charge in [-0.1, -0.05) is 22.0 Å². The highest BCUT2D eigenvalue weighted by molar-refractivity contribution is 9.10. The molecule has 0 aliphatic rings. The van der Waals surface area contributed by atoms with Gasteiger partial charge in [-0.25, -0.2) is 0 Å². The molecule has 0 spiro atoms. The minimum atomic E-state index is -0.420. The van der Waals surface area contributed by atoms with Crippen molar-refractivity contribution in [2.75, 3.05) is 26.1 Å². The Bertz CT molecular complexity index is 732. The summed E-state index contributed by atoms with van der Waals surface area (Å²) in [4.78, 5) is 24.2. The fraction of sp³-hybridized carbons (Fsp3) is 0.176. The zero-order chi connectivity index (χ0) is 17.5. The van der Waals surface area contributed by atoms with E-state index in [2.05, 4.69) is 26.6 Å². The molecule has 0 bridgehead atoms. The molecule has 0 radical (unpaired) electrons. The van der Waals surface area contributed by atoms with Crippen molar-refractivity contribution in [3.63, 3.8) is 0 Å². The van der Waals surface area contributed by atoms with Crippen LogP contribution >= 0.6 is 15.9 Å². The topological polar surface area (TPSA) is 76.7 Å². The van der Waals surface area contributed by atoms with Gasteiger partial charge in [0.15, 0.2) is 11.5 Å². The first-order valence-electron chi connectivity index (χ1n) is 7.09. The van der Waals surface area contributed by atoms with Crippen LogP contribution in [0.25, 0.3) is 0 Å². The summed E-state index contributed by atoms with van der Waals surface area (Å²) in [5.74, 6) is 0.0273. The zero-order valence-corrected chi connectivity index (χ0v) is 14.8. The van der Waals surface area contributed by atoms with E-state index in [-0.39, 0.29) is 12.5 Å². The van der Waals surface area contributed by atoms with Gasteiger partial charge in [0.05, 0.1) is 26.3 Å². The molecule has 0 aromatic heterocycles. The molecule has 0 aliphatic heterocycles. The Labute approximate surface area is 148 Å². The van der Waals surface area contributed by atoms with E-state index in [1.54, 1.807) is 30.3 Å². The smallest absolute Gasteiger partial charge is 0.255 e. The monoisotopic (exact) mass is 392 g/mol. The van der Waals surface area contributed by atoms with Crippen LogP contribution in [0.4, 0.5) is 5.69 Å². The average Bonchev–Trinajstić information content (AvgIpc) is 2.60. The Morgan fingerprint density at radius 1 is 1.04 bits per heavy atom. The van der Waals surface area contributed by atoms with Crippen LogP contribution in [-0.2, 0) is 4.79 Å². The Balaban J connectivity index is 1.98. The molecule has 0 saturated carbocycles. The number of benzene rings is 2. The van der Waals surface area contributed by atoms with Gasteiger partial charge in [-0.2, -0.15) is 0 Å². The Morgan fingerprint density at radius 2 is 1.75 bits per heavy atom. The third-order valence-corrected chi connectivity index (χ3v) is 3.71. The van der Waals surface area contributed by atoms with Crippen LogP contribution < -0.4 is 20.1 Å². The molecule has 126 valence electrons. The van der Waals surface area contributed by atoms with Gasteiger partial charge in [0, 0.05) is 10.2 Å².